The Labute approximate surface area is 579 Å². The molecule has 540 valence electrons. The Hall–Kier alpha value is -5.85. The average Bonchev–Trinajstić information content (AvgIpc) is 0.954. The quantitative estimate of drug-likeness (QED) is 0.0607. The second-order valence-corrected chi connectivity index (χ2v) is 26.8. The van der Waals surface area contributed by atoms with Crippen LogP contribution in [0.1, 0.15) is 182 Å². The van der Waals surface area contributed by atoms with Gasteiger partial charge in [-0.15, -0.1) is 0 Å². The van der Waals surface area contributed by atoms with E-state index in [2.05, 4.69) is 96.2 Å². The summed E-state index contributed by atoms with van der Waals surface area (Å²) in [6, 6.07) is 0. The van der Waals surface area contributed by atoms with Crippen molar-refractivity contribution in [1.29, 1.82) is 0 Å². The molecule has 0 amide bonds. The van der Waals surface area contributed by atoms with Crippen molar-refractivity contribution in [2.45, 2.75) is 237 Å². The maximum absolute atomic E-state index is 12.6. The molecule has 6 N–H and O–H groups in total. The Morgan fingerprint density at radius 1 is 0.396 bits per heavy atom. The predicted octanol–water partition coefficient (Wildman–Crippen LogP) is 15.2. The van der Waals surface area contributed by atoms with Crippen LogP contribution in [0.15, 0.2) is 176 Å². The number of hydrogen-bond acceptors (Lipinski definition) is 15. The smallest absolute Gasteiger partial charge is 0.336 e. The molecule has 0 aromatic rings. The summed E-state index contributed by atoms with van der Waals surface area (Å²) in [5, 5.41) is 60.6. The molecule has 0 aliphatic carbocycles. The number of hydrogen-bond donors (Lipinski definition) is 6. The number of cyclic esters (lactones) is 3. The van der Waals surface area contributed by atoms with Crippen molar-refractivity contribution >= 4 is 17.9 Å². The van der Waals surface area contributed by atoms with Crippen molar-refractivity contribution in [3.8, 4) is 0 Å². The molecule has 96 heavy (non-hydrogen) atoms. The first-order valence-electron chi connectivity index (χ1n) is 34.7. The first-order chi connectivity index (χ1) is 45.4. The molecule has 0 unspecified atom stereocenters. The lowest BCUT2D eigenvalue weighted by molar-refractivity contribution is -0.147. The highest BCUT2D eigenvalue weighted by molar-refractivity contribution is 5.90. The van der Waals surface area contributed by atoms with E-state index in [0.717, 1.165) is 69.4 Å². The van der Waals surface area contributed by atoms with Gasteiger partial charge in [0.25, 0.3) is 0 Å². The lowest BCUT2D eigenvalue weighted by Gasteiger charge is -2.25. The summed E-state index contributed by atoms with van der Waals surface area (Å²) in [5.74, 6) is -0.717. The molecule has 15 nitrogen and oxygen atoms in total. The van der Waals surface area contributed by atoms with Gasteiger partial charge in [0.1, 0.15) is 18.3 Å². The lowest BCUT2D eigenvalue weighted by Crippen LogP contribution is -2.25. The number of carbonyl (C=O) groups excluding carboxylic acids is 3. The molecular weight excluding hydrogens is 1210 g/mol. The summed E-state index contributed by atoms with van der Waals surface area (Å²) in [4.78, 5) is 37.7. The van der Waals surface area contributed by atoms with Crippen molar-refractivity contribution in [3.05, 3.63) is 176 Å². The molecule has 3 heterocycles. The molecule has 3 aliphatic rings. The third kappa shape index (κ3) is 32.2. The molecule has 0 saturated carbocycles. The van der Waals surface area contributed by atoms with Gasteiger partial charge in [-0.05, 0) is 170 Å². The Morgan fingerprint density at radius 3 is 0.812 bits per heavy atom. The zero-order valence-electron chi connectivity index (χ0n) is 62.4. The maximum Gasteiger partial charge on any atom is 0.336 e. The second-order valence-electron chi connectivity index (χ2n) is 26.8. The molecular formula is C81H126O15. The highest BCUT2D eigenvalue weighted by atomic mass is 16.6. The van der Waals surface area contributed by atoms with E-state index in [1.165, 1.54) is 0 Å². The van der Waals surface area contributed by atoms with E-state index >= 15 is 0 Å². The van der Waals surface area contributed by atoms with Gasteiger partial charge in [-0.2, -0.15) is 0 Å². The Morgan fingerprint density at radius 2 is 0.625 bits per heavy atom. The maximum atomic E-state index is 12.6. The van der Waals surface area contributed by atoms with E-state index in [4.69, 9.17) is 28.4 Å². The summed E-state index contributed by atoms with van der Waals surface area (Å²) < 4.78 is 34.6. The molecule has 15 heteroatoms. The Bertz CT molecular complexity index is 2570. The summed E-state index contributed by atoms with van der Waals surface area (Å²) in [6.07, 6.45) is 36.6. The van der Waals surface area contributed by atoms with E-state index < -0.39 is 56.0 Å². The lowest BCUT2D eigenvalue weighted by atomic mass is 9.89. The van der Waals surface area contributed by atoms with Crippen molar-refractivity contribution < 1.29 is 73.4 Å². The number of carbonyl (C=O) groups is 3. The minimum Gasteiger partial charge on any atom is -0.458 e. The SMILES string of the molecule is CC[C@@H]1/C=C(/C)[C@@H](O)C/C=C/C=C(\CO)C(=O)O[C@H](C(C)C)C/C=C(C)/C=C(\C)[C@H]1OC.CC[C@H]1/C=C(/C)[C@@H](O)C/C=C/C=C(\CO)C(=O)O[C@H](C(C)C)C/C=C(C)/C=C(\C)[C@@H]1OC.CC[C@H]1/C=C(\C)[C@@H](O)C/C=C/C=C(\CO)C(=O)O[C@H](C(C)C)C/C=C(C)/C=C(\C)[C@@H]1OC. The van der Waals surface area contributed by atoms with Gasteiger partial charge in [0.15, 0.2) is 0 Å². The van der Waals surface area contributed by atoms with Gasteiger partial charge < -0.3 is 59.1 Å². The highest BCUT2D eigenvalue weighted by Crippen LogP contribution is 2.29. The third-order valence-corrected chi connectivity index (χ3v) is 17.8. The average molecular weight is 1340 g/mol. The number of methoxy groups -OCH3 is 3. The molecule has 0 aromatic heterocycles. The fourth-order valence-electron chi connectivity index (χ4n) is 11.4. The minimum atomic E-state index is -0.633. The zero-order valence-corrected chi connectivity index (χ0v) is 62.4. The van der Waals surface area contributed by atoms with Gasteiger partial charge >= 0.3 is 17.9 Å². The van der Waals surface area contributed by atoms with Crippen molar-refractivity contribution in [3.63, 3.8) is 0 Å². The zero-order chi connectivity index (χ0) is 72.8. The summed E-state index contributed by atoms with van der Waals surface area (Å²) in [6.45, 7) is 35.3. The largest absolute Gasteiger partial charge is 0.458 e. The van der Waals surface area contributed by atoms with Crippen LogP contribution < -0.4 is 0 Å². The van der Waals surface area contributed by atoms with Crippen LogP contribution in [0.2, 0.25) is 0 Å². The summed E-state index contributed by atoms with van der Waals surface area (Å²) >= 11 is 0. The van der Waals surface area contributed by atoms with Crippen molar-refractivity contribution in [2.24, 2.45) is 35.5 Å². The van der Waals surface area contributed by atoms with E-state index in [9.17, 15) is 45.0 Å². The van der Waals surface area contributed by atoms with Crippen LogP contribution in [0.4, 0.5) is 0 Å². The first kappa shape index (κ1) is 88.2. The summed E-state index contributed by atoms with van der Waals surface area (Å²) in [5.41, 5.74) is 9.78. The van der Waals surface area contributed by atoms with Crippen molar-refractivity contribution in [1.82, 2.24) is 0 Å². The monoisotopic (exact) mass is 1340 g/mol. The van der Waals surface area contributed by atoms with E-state index in [0.29, 0.717) is 38.5 Å². The second kappa shape index (κ2) is 48.0. The topological polar surface area (TPSA) is 228 Å². The van der Waals surface area contributed by atoms with E-state index in [-0.39, 0.29) is 88.9 Å². The number of aliphatic hydroxyl groups is 6. The van der Waals surface area contributed by atoms with Gasteiger partial charge in [-0.25, -0.2) is 14.4 Å². The number of ether oxygens (including phenoxy) is 6. The highest BCUT2D eigenvalue weighted by Gasteiger charge is 2.27. The minimum absolute atomic E-state index is 0.0892. The predicted molar refractivity (Wildman–Crippen MR) is 390 cm³/mol. The van der Waals surface area contributed by atoms with Crippen LogP contribution in [-0.2, 0) is 42.8 Å². The first-order valence-corrected chi connectivity index (χ1v) is 34.7. The summed E-state index contributed by atoms with van der Waals surface area (Å²) in [7, 11) is 5.16. The van der Waals surface area contributed by atoms with Crippen LogP contribution in [0.5, 0.6) is 0 Å². The molecule has 0 radical (unpaired) electrons. The van der Waals surface area contributed by atoms with Gasteiger partial charge in [0, 0.05) is 58.3 Å². The molecule has 3 rings (SSSR count). The van der Waals surface area contributed by atoms with Crippen LogP contribution >= 0.6 is 0 Å². The fraction of sp³-hybridized carbons (Fsp3) is 0.593. The van der Waals surface area contributed by atoms with Crippen LogP contribution in [-0.4, -0.2) is 145 Å². The van der Waals surface area contributed by atoms with Gasteiger partial charge in [0.05, 0.1) is 73.2 Å². The molecule has 3 aliphatic heterocycles. The normalized spacial score (nSPS) is 34.5. The molecule has 0 aromatic carbocycles. The molecule has 0 bridgehead atoms. The number of aliphatic hydroxyl groups excluding tert-OH is 6. The third-order valence-electron chi connectivity index (χ3n) is 17.8. The fourth-order valence-corrected chi connectivity index (χ4v) is 11.4. The number of rotatable bonds is 12. The van der Waals surface area contributed by atoms with Crippen LogP contribution in [0, 0.1) is 35.5 Å². The van der Waals surface area contributed by atoms with Crippen LogP contribution in [0.3, 0.4) is 0 Å². The number of allylic oxidation sites excluding steroid dienone is 12. The molecule has 12 atom stereocenters. The number of esters is 3. The van der Waals surface area contributed by atoms with E-state index in [1.54, 1.807) is 76.0 Å². The standard InChI is InChI=1S/3C27H42O5/c3*1-8-22-16-20(5)24(29)12-10-9-11-23(17-28)27(30)32-25(18(2)3)14-13-19(4)15-21(6)26(22)31-7/h3*9-11,13,15-16,18,22,24-26,28-29H,8,12,14,17H2,1-7H3/b10-9+,19-13+,20-16+,21-15+,23-11+;2*10-9+,19-13+,20-16-,21-15+,23-11+/t22-,24-,25-,26-;22-,24+,25+,26-;22-,24-,25-,26-/m010/s1. The molecule has 0 saturated heterocycles. The van der Waals surface area contributed by atoms with Crippen LogP contribution in [0.25, 0.3) is 0 Å². The Kier molecular flexibility index (Phi) is 44.1. The molecule has 0 spiro atoms. The Balaban J connectivity index is 0.000000720. The van der Waals surface area contributed by atoms with E-state index in [1.807, 2.05) is 83.1 Å². The van der Waals surface area contributed by atoms with Gasteiger partial charge in [-0.3, -0.25) is 0 Å². The van der Waals surface area contributed by atoms with Crippen molar-refractivity contribution in [2.75, 3.05) is 41.2 Å². The molecule has 0 fully saturated rings. The van der Waals surface area contributed by atoms with Gasteiger partial charge in [0.2, 0.25) is 0 Å². The van der Waals surface area contributed by atoms with Gasteiger partial charge in [-0.1, -0.05) is 170 Å².